The van der Waals surface area contributed by atoms with Gasteiger partial charge in [0, 0.05) is 24.5 Å². The maximum absolute atomic E-state index is 12.7. The maximum atomic E-state index is 12.7. The maximum Gasteiger partial charge on any atom is 0.417 e. The van der Waals surface area contributed by atoms with Crippen molar-refractivity contribution in [3.8, 4) is 6.07 Å². The summed E-state index contributed by atoms with van der Waals surface area (Å²) in [5, 5.41) is 8.88. The summed E-state index contributed by atoms with van der Waals surface area (Å²) >= 11 is 1.84. The molecular weight excluding hydrogens is 273 g/mol. The van der Waals surface area contributed by atoms with Crippen molar-refractivity contribution in [3.63, 3.8) is 0 Å². The molecule has 2 rings (SSSR count). The molecule has 1 aliphatic rings. The van der Waals surface area contributed by atoms with Crippen molar-refractivity contribution >= 4 is 17.4 Å². The monoisotopic (exact) mass is 286 g/mol. The fourth-order valence-electron chi connectivity index (χ4n) is 2.13. The predicted molar refractivity (Wildman–Crippen MR) is 70.3 cm³/mol. The van der Waals surface area contributed by atoms with E-state index in [9.17, 15) is 13.2 Å². The lowest BCUT2D eigenvalue weighted by atomic mass is 10.1. The zero-order chi connectivity index (χ0) is 14.0. The van der Waals surface area contributed by atoms with Gasteiger partial charge in [0.2, 0.25) is 0 Å². The molecule has 0 radical (unpaired) electrons. The number of benzene rings is 1. The molecule has 1 aliphatic heterocycles. The molecule has 19 heavy (non-hydrogen) atoms. The van der Waals surface area contributed by atoms with E-state index in [2.05, 4.69) is 0 Å². The zero-order valence-electron chi connectivity index (χ0n) is 10.4. The van der Waals surface area contributed by atoms with Gasteiger partial charge < -0.3 is 4.90 Å². The molecule has 0 spiro atoms. The van der Waals surface area contributed by atoms with Gasteiger partial charge in [-0.1, -0.05) is 0 Å². The summed E-state index contributed by atoms with van der Waals surface area (Å²) in [4.78, 5) is 1.96. The van der Waals surface area contributed by atoms with E-state index >= 15 is 0 Å². The highest BCUT2D eigenvalue weighted by atomic mass is 32.2. The summed E-state index contributed by atoms with van der Waals surface area (Å²) in [6.45, 7) is 0. The molecule has 1 unspecified atom stereocenters. The van der Waals surface area contributed by atoms with E-state index in [4.69, 9.17) is 5.26 Å². The van der Waals surface area contributed by atoms with Crippen LogP contribution in [0.2, 0.25) is 0 Å². The van der Waals surface area contributed by atoms with Crippen LogP contribution in [0, 0.1) is 11.3 Å². The summed E-state index contributed by atoms with van der Waals surface area (Å²) in [6.07, 6.45) is -3.46. The molecule has 1 aromatic rings. The lowest BCUT2D eigenvalue weighted by Gasteiger charge is -2.26. The number of alkyl halides is 3. The minimum atomic E-state index is -4.48. The first-order valence-electron chi connectivity index (χ1n) is 5.85. The SMILES string of the molecule is CN(c1ccc(C(F)(F)F)c(C#N)c1)C1CCSC1. The second-order valence-electron chi connectivity index (χ2n) is 4.47. The van der Waals surface area contributed by atoms with Crippen LogP contribution in [0.25, 0.3) is 0 Å². The summed E-state index contributed by atoms with van der Waals surface area (Å²) in [5.74, 6) is 2.04. The quantitative estimate of drug-likeness (QED) is 0.832. The Morgan fingerprint density at radius 3 is 2.68 bits per heavy atom. The van der Waals surface area contributed by atoms with Crippen LogP contribution < -0.4 is 4.90 Å². The van der Waals surface area contributed by atoms with Crippen LogP contribution in [0.4, 0.5) is 18.9 Å². The van der Waals surface area contributed by atoms with Crippen molar-refractivity contribution in [2.24, 2.45) is 0 Å². The average molecular weight is 286 g/mol. The van der Waals surface area contributed by atoms with Crippen LogP contribution in [0.1, 0.15) is 17.5 Å². The van der Waals surface area contributed by atoms with E-state index < -0.39 is 11.7 Å². The third kappa shape index (κ3) is 2.98. The van der Waals surface area contributed by atoms with Crippen molar-refractivity contribution in [1.29, 1.82) is 5.26 Å². The summed E-state index contributed by atoms with van der Waals surface area (Å²) in [7, 11) is 1.86. The Bertz CT molecular complexity index is 502. The lowest BCUT2D eigenvalue weighted by molar-refractivity contribution is -0.137. The van der Waals surface area contributed by atoms with E-state index in [1.54, 1.807) is 6.07 Å². The fourth-order valence-corrected chi connectivity index (χ4v) is 3.40. The molecule has 1 heterocycles. The number of halogens is 3. The largest absolute Gasteiger partial charge is 0.417 e. The lowest BCUT2D eigenvalue weighted by Crippen LogP contribution is -2.31. The van der Waals surface area contributed by atoms with Crippen molar-refractivity contribution in [2.75, 3.05) is 23.5 Å². The Morgan fingerprint density at radius 1 is 1.42 bits per heavy atom. The molecule has 1 saturated heterocycles. The number of thioether (sulfide) groups is 1. The van der Waals surface area contributed by atoms with Crippen LogP contribution in [0.5, 0.6) is 0 Å². The number of rotatable bonds is 2. The molecule has 1 atom stereocenters. The fraction of sp³-hybridized carbons (Fsp3) is 0.462. The highest BCUT2D eigenvalue weighted by molar-refractivity contribution is 7.99. The van der Waals surface area contributed by atoms with Gasteiger partial charge in [0.05, 0.1) is 17.2 Å². The third-order valence-electron chi connectivity index (χ3n) is 3.29. The molecule has 102 valence electrons. The van der Waals surface area contributed by atoms with Gasteiger partial charge in [0.25, 0.3) is 0 Å². The van der Waals surface area contributed by atoms with Crippen molar-refractivity contribution in [1.82, 2.24) is 0 Å². The van der Waals surface area contributed by atoms with Crippen molar-refractivity contribution in [2.45, 2.75) is 18.6 Å². The van der Waals surface area contributed by atoms with Gasteiger partial charge in [-0.2, -0.15) is 30.2 Å². The number of hydrogen-bond donors (Lipinski definition) is 0. The number of nitriles is 1. The van der Waals surface area contributed by atoms with Gasteiger partial charge in [-0.3, -0.25) is 0 Å². The topological polar surface area (TPSA) is 27.0 Å². The molecule has 2 nitrogen and oxygen atoms in total. The Morgan fingerprint density at radius 2 is 2.16 bits per heavy atom. The molecule has 1 aromatic carbocycles. The van der Waals surface area contributed by atoms with Crippen molar-refractivity contribution in [3.05, 3.63) is 29.3 Å². The van der Waals surface area contributed by atoms with Gasteiger partial charge in [-0.15, -0.1) is 0 Å². The molecule has 0 bridgehead atoms. The molecule has 6 heteroatoms. The van der Waals surface area contributed by atoms with Gasteiger partial charge in [-0.25, -0.2) is 0 Å². The molecule has 0 N–H and O–H groups in total. The summed E-state index contributed by atoms with van der Waals surface area (Å²) in [5.41, 5.74) is -0.521. The normalized spacial score (nSPS) is 19.2. The number of anilines is 1. The van der Waals surface area contributed by atoms with Crippen LogP contribution in [-0.4, -0.2) is 24.6 Å². The Hall–Kier alpha value is -1.35. The second kappa shape index (κ2) is 5.33. The van der Waals surface area contributed by atoms with E-state index in [-0.39, 0.29) is 5.56 Å². The minimum Gasteiger partial charge on any atom is -0.371 e. The van der Waals surface area contributed by atoms with Crippen LogP contribution in [-0.2, 0) is 6.18 Å². The van der Waals surface area contributed by atoms with Crippen LogP contribution >= 0.6 is 11.8 Å². The van der Waals surface area contributed by atoms with Gasteiger partial charge in [0.1, 0.15) is 0 Å². The summed E-state index contributed by atoms with van der Waals surface area (Å²) < 4.78 is 38.1. The Labute approximate surface area is 114 Å². The summed E-state index contributed by atoms with van der Waals surface area (Å²) in [6, 6.07) is 5.72. The number of nitrogens with zero attached hydrogens (tertiary/aromatic N) is 2. The molecular formula is C13H13F3N2S. The van der Waals surface area contributed by atoms with Crippen molar-refractivity contribution < 1.29 is 13.2 Å². The van der Waals surface area contributed by atoms with Gasteiger partial charge in [0.15, 0.2) is 0 Å². The van der Waals surface area contributed by atoms with E-state index in [0.29, 0.717) is 11.7 Å². The van der Waals surface area contributed by atoms with Crippen LogP contribution in [0.3, 0.4) is 0 Å². The third-order valence-corrected chi connectivity index (χ3v) is 4.43. The van der Waals surface area contributed by atoms with E-state index in [1.165, 1.54) is 12.1 Å². The number of hydrogen-bond acceptors (Lipinski definition) is 3. The zero-order valence-corrected chi connectivity index (χ0v) is 11.2. The standard InChI is InChI=1S/C13H13F3N2S/c1-18(11-4-5-19-8-11)10-2-3-12(13(14,15)16)9(6-10)7-17/h2-3,6,11H,4-5,8H2,1H3. The highest BCUT2D eigenvalue weighted by Crippen LogP contribution is 2.34. The first kappa shape index (κ1) is 14.1. The van der Waals surface area contributed by atoms with E-state index in [0.717, 1.165) is 24.0 Å². The molecule has 0 amide bonds. The Kier molecular flexibility index (Phi) is 3.95. The Balaban J connectivity index is 2.31. The molecule has 0 saturated carbocycles. The van der Waals surface area contributed by atoms with Gasteiger partial charge in [-0.05, 0) is 30.4 Å². The van der Waals surface area contributed by atoms with Crippen LogP contribution in [0.15, 0.2) is 18.2 Å². The molecule has 0 aromatic heterocycles. The minimum absolute atomic E-state index is 0.317. The molecule has 0 aliphatic carbocycles. The molecule has 1 fully saturated rings. The average Bonchev–Trinajstić information content (AvgIpc) is 2.89. The predicted octanol–water partition coefficient (Wildman–Crippen LogP) is 3.52. The second-order valence-corrected chi connectivity index (χ2v) is 5.62. The first-order valence-corrected chi connectivity index (χ1v) is 7.01. The highest BCUT2D eigenvalue weighted by Gasteiger charge is 2.34. The first-order chi connectivity index (χ1) is 8.93. The smallest absolute Gasteiger partial charge is 0.371 e. The van der Waals surface area contributed by atoms with Gasteiger partial charge >= 0.3 is 6.18 Å². The van der Waals surface area contributed by atoms with E-state index in [1.807, 2.05) is 23.7 Å².